The minimum absolute atomic E-state index is 0.221. The van der Waals surface area contributed by atoms with E-state index >= 15 is 0 Å². The molecule has 2 saturated heterocycles. The average Bonchev–Trinajstić information content (AvgIpc) is 3.00. The lowest BCUT2D eigenvalue weighted by Gasteiger charge is -2.34. The molecule has 2 aromatic carbocycles. The maximum atomic E-state index is 12.0. The standard InChI is InChI=1S/C32H40N6O2S/c1-5-31(39)34-27-22-25(11-9-23(27)2)41-32-28(38-15-7-6-8-16-38)13-14-30(35-32)33-26-12-10-24(21-29(26)40-4)37-19-17-36(3)18-20-37/h5,9-14,21-22H,1,6-8,15-20H2,2-4H3,(H,33,35)(H,34,39). The zero-order valence-electron chi connectivity index (χ0n) is 24.3. The molecule has 216 valence electrons. The third-order valence-corrected chi connectivity index (χ3v) is 8.70. The number of hydrogen-bond acceptors (Lipinski definition) is 8. The van der Waals surface area contributed by atoms with E-state index in [4.69, 9.17) is 9.72 Å². The van der Waals surface area contributed by atoms with Crippen molar-refractivity contribution in [1.29, 1.82) is 0 Å². The number of rotatable bonds is 9. The third-order valence-electron chi connectivity index (χ3n) is 7.72. The molecule has 0 bridgehead atoms. The highest BCUT2D eigenvalue weighted by Crippen LogP contribution is 2.39. The molecule has 0 aliphatic carbocycles. The highest BCUT2D eigenvalue weighted by Gasteiger charge is 2.19. The van der Waals surface area contributed by atoms with Crippen LogP contribution < -0.4 is 25.2 Å². The van der Waals surface area contributed by atoms with E-state index in [9.17, 15) is 4.79 Å². The average molecular weight is 573 g/mol. The molecule has 2 N–H and O–H groups in total. The highest BCUT2D eigenvalue weighted by molar-refractivity contribution is 7.99. The monoisotopic (exact) mass is 572 g/mol. The van der Waals surface area contributed by atoms with Gasteiger partial charge in [-0.3, -0.25) is 4.79 Å². The van der Waals surface area contributed by atoms with Crippen LogP contribution in [0, 0.1) is 6.92 Å². The first-order chi connectivity index (χ1) is 19.9. The van der Waals surface area contributed by atoms with Gasteiger partial charge in [0, 0.05) is 61.6 Å². The first-order valence-corrected chi connectivity index (χ1v) is 15.1. The lowest BCUT2D eigenvalue weighted by atomic mass is 10.1. The van der Waals surface area contributed by atoms with Crippen LogP contribution in [0.15, 0.2) is 71.1 Å². The van der Waals surface area contributed by atoms with Crippen LogP contribution in [0.1, 0.15) is 24.8 Å². The van der Waals surface area contributed by atoms with Crippen molar-refractivity contribution in [3.8, 4) is 5.75 Å². The zero-order chi connectivity index (χ0) is 28.8. The molecule has 3 aromatic rings. The Morgan fingerprint density at radius 2 is 1.73 bits per heavy atom. The van der Waals surface area contributed by atoms with Crippen LogP contribution >= 0.6 is 11.8 Å². The largest absolute Gasteiger partial charge is 0.494 e. The van der Waals surface area contributed by atoms with Crippen molar-refractivity contribution in [2.45, 2.75) is 36.1 Å². The second-order valence-electron chi connectivity index (χ2n) is 10.6. The minimum Gasteiger partial charge on any atom is -0.494 e. The Bertz CT molecular complexity index is 1380. The molecular weight excluding hydrogens is 532 g/mol. The summed E-state index contributed by atoms with van der Waals surface area (Å²) in [6.45, 7) is 11.7. The Morgan fingerprint density at radius 1 is 0.951 bits per heavy atom. The van der Waals surface area contributed by atoms with Gasteiger partial charge in [0.05, 0.1) is 18.5 Å². The van der Waals surface area contributed by atoms with Crippen molar-refractivity contribution in [2.24, 2.45) is 0 Å². The molecule has 2 fully saturated rings. The zero-order valence-corrected chi connectivity index (χ0v) is 25.1. The van der Waals surface area contributed by atoms with Crippen molar-refractivity contribution < 1.29 is 9.53 Å². The number of ether oxygens (including phenoxy) is 1. The summed E-state index contributed by atoms with van der Waals surface area (Å²) in [4.78, 5) is 25.3. The predicted octanol–water partition coefficient (Wildman–Crippen LogP) is 6.16. The van der Waals surface area contributed by atoms with Gasteiger partial charge in [-0.05, 0) is 81.3 Å². The molecule has 0 saturated carbocycles. The number of pyridine rings is 1. The molecule has 1 aromatic heterocycles. The fraction of sp³-hybridized carbons (Fsp3) is 0.375. The summed E-state index contributed by atoms with van der Waals surface area (Å²) in [6.07, 6.45) is 4.92. The quantitative estimate of drug-likeness (QED) is 0.296. The van der Waals surface area contributed by atoms with Crippen molar-refractivity contribution in [2.75, 3.05) is 73.9 Å². The van der Waals surface area contributed by atoms with Gasteiger partial charge in [0.15, 0.2) is 0 Å². The highest BCUT2D eigenvalue weighted by atomic mass is 32.2. The Balaban J connectivity index is 1.42. The Morgan fingerprint density at radius 3 is 2.46 bits per heavy atom. The summed E-state index contributed by atoms with van der Waals surface area (Å²) in [5, 5.41) is 7.35. The number of methoxy groups -OCH3 is 1. The summed E-state index contributed by atoms with van der Waals surface area (Å²) < 4.78 is 5.80. The van der Waals surface area contributed by atoms with E-state index in [1.165, 1.54) is 31.0 Å². The molecule has 41 heavy (non-hydrogen) atoms. The topological polar surface area (TPSA) is 73.0 Å². The number of carbonyl (C=O) groups is 1. The number of aryl methyl sites for hydroxylation is 1. The normalized spacial score (nSPS) is 15.9. The molecule has 0 unspecified atom stereocenters. The van der Waals surface area contributed by atoms with Crippen LogP contribution in [0.4, 0.5) is 28.6 Å². The number of nitrogens with one attached hydrogen (secondary N) is 2. The van der Waals surface area contributed by atoms with E-state index in [0.717, 1.165) is 83.4 Å². The molecule has 1 amide bonds. The van der Waals surface area contributed by atoms with Crippen molar-refractivity contribution >= 4 is 46.2 Å². The van der Waals surface area contributed by atoms with Gasteiger partial charge in [-0.1, -0.05) is 24.4 Å². The molecule has 8 nitrogen and oxygen atoms in total. The number of piperidine rings is 1. The van der Waals surface area contributed by atoms with Crippen LogP contribution in [0.2, 0.25) is 0 Å². The number of nitrogens with zero attached hydrogens (tertiary/aromatic N) is 4. The Hall–Kier alpha value is -3.69. The van der Waals surface area contributed by atoms with Crippen molar-refractivity contribution in [3.63, 3.8) is 0 Å². The van der Waals surface area contributed by atoms with Crippen LogP contribution in [-0.2, 0) is 4.79 Å². The maximum absolute atomic E-state index is 12.0. The molecular formula is C32H40N6O2S. The number of benzene rings is 2. The molecule has 9 heteroatoms. The molecule has 0 spiro atoms. The maximum Gasteiger partial charge on any atom is 0.247 e. The third kappa shape index (κ3) is 7.15. The SMILES string of the molecule is C=CC(=O)Nc1cc(Sc2nc(Nc3ccc(N4CCN(C)CC4)cc3OC)ccc2N2CCCCC2)ccc1C. The first kappa shape index (κ1) is 28.8. The van der Waals surface area contributed by atoms with E-state index in [0.29, 0.717) is 0 Å². The van der Waals surface area contributed by atoms with Gasteiger partial charge in [-0.2, -0.15) is 0 Å². The van der Waals surface area contributed by atoms with Gasteiger partial charge in [0.1, 0.15) is 16.6 Å². The van der Waals surface area contributed by atoms with Gasteiger partial charge in [-0.15, -0.1) is 0 Å². The summed E-state index contributed by atoms with van der Waals surface area (Å²) in [6, 6.07) is 16.7. The molecule has 2 aliphatic rings. The van der Waals surface area contributed by atoms with E-state index in [-0.39, 0.29) is 5.91 Å². The van der Waals surface area contributed by atoms with E-state index < -0.39 is 0 Å². The lowest BCUT2D eigenvalue weighted by Crippen LogP contribution is -2.44. The molecule has 0 radical (unpaired) electrons. The van der Waals surface area contributed by atoms with Gasteiger partial charge in [0.2, 0.25) is 5.91 Å². The molecule has 3 heterocycles. The summed E-state index contributed by atoms with van der Waals surface area (Å²) in [7, 11) is 3.88. The van der Waals surface area contributed by atoms with Gasteiger partial charge in [0.25, 0.3) is 0 Å². The van der Waals surface area contributed by atoms with Crippen LogP contribution in [0.25, 0.3) is 0 Å². The summed E-state index contributed by atoms with van der Waals surface area (Å²) in [5.41, 5.74) is 4.96. The number of likely N-dealkylation sites (N-methyl/N-ethyl adjacent to an activating group) is 1. The molecule has 5 rings (SSSR count). The van der Waals surface area contributed by atoms with Crippen molar-refractivity contribution in [1.82, 2.24) is 9.88 Å². The van der Waals surface area contributed by atoms with E-state index in [2.05, 4.69) is 69.3 Å². The number of hydrogen-bond donors (Lipinski definition) is 2. The number of anilines is 5. The summed E-state index contributed by atoms with van der Waals surface area (Å²) >= 11 is 1.61. The molecule has 0 atom stereocenters. The minimum atomic E-state index is -0.221. The van der Waals surface area contributed by atoms with Gasteiger partial charge >= 0.3 is 0 Å². The number of piperazine rings is 1. The fourth-order valence-corrected chi connectivity index (χ4v) is 6.21. The fourth-order valence-electron chi connectivity index (χ4n) is 5.23. The van der Waals surface area contributed by atoms with Gasteiger partial charge in [-0.25, -0.2) is 4.98 Å². The summed E-state index contributed by atoms with van der Waals surface area (Å²) in [5.74, 6) is 1.33. The Kier molecular flexibility index (Phi) is 9.36. The molecule has 2 aliphatic heterocycles. The van der Waals surface area contributed by atoms with Crippen LogP contribution in [0.5, 0.6) is 5.75 Å². The Labute approximate surface area is 247 Å². The number of amides is 1. The predicted molar refractivity (Wildman–Crippen MR) is 170 cm³/mol. The second-order valence-corrected chi connectivity index (χ2v) is 11.7. The van der Waals surface area contributed by atoms with E-state index in [1.807, 2.05) is 25.1 Å². The van der Waals surface area contributed by atoms with Gasteiger partial charge < -0.3 is 30.1 Å². The lowest BCUT2D eigenvalue weighted by molar-refractivity contribution is -0.111. The van der Waals surface area contributed by atoms with Crippen LogP contribution in [-0.4, -0.2) is 69.2 Å². The van der Waals surface area contributed by atoms with Crippen LogP contribution in [0.3, 0.4) is 0 Å². The first-order valence-electron chi connectivity index (χ1n) is 14.3. The smallest absolute Gasteiger partial charge is 0.247 e. The van der Waals surface area contributed by atoms with Crippen molar-refractivity contribution in [3.05, 3.63) is 66.7 Å². The number of aromatic nitrogens is 1. The number of carbonyl (C=O) groups excluding carboxylic acids is 1. The second kappa shape index (κ2) is 13.3. The van der Waals surface area contributed by atoms with E-state index in [1.54, 1.807) is 18.9 Å².